The SMILES string of the molecule is Cc1cc(C)c2c(CC(=O)NCCN3CCCOC3=O)coc2c1C. The normalized spacial score (nSPS) is 14.7. The number of carbonyl (C=O) groups excluding carboxylic acids is 2. The number of furan rings is 1. The summed E-state index contributed by atoms with van der Waals surface area (Å²) in [6.07, 6.45) is 2.47. The summed E-state index contributed by atoms with van der Waals surface area (Å²) in [7, 11) is 0. The number of amides is 2. The van der Waals surface area contributed by atoms with Crippen LogP contribution in [0.2, 0.25) is 0 Å². The summed E-state index contributed by atoms with van der Waals surface area (Å²) >= 11 is 0. The van der Waals surface area contributed by atoms with Gasteiger partial charge in [-0.3, -0.25) is 4.79 Å². The number of aryl methyl sites for hydroxylation is 3. The van der Waals surface area contributed by atoms with Gasteiger partial charge in [0.2, 0.25) is 5.91 Å². The fourth-order valence-electron chi connectivity index (χ4n) is 3.28. The predicted octanol–water partition coefficient (Wildman–Crippen LogP) is 2.86. The summed E-state index contributed by atoms with van der Waals surface area (Å²) in [5, 5.41) is 3.89. The maximum Gasteiger partial charge on any atom is 0.409 e. The van der Waals surface area contributed by atoms with Gasteiger partial charge in [-0.2, -0.15) is 0 Å². The van der Waals surface area contributed by atoms with Crippen molar-refractivity contribution in [3.63, 3.8) is 0 Å². The second-order valence-corrected chi connectivity index (χ2v) is 6.58. The van der Waals surface area contributed by atoms with Gasteiger partial charge in [-0.15, -0.1) is 0 Å². The van der Waals surface area contributed by atoms with Crippen LogP contribution in [0.25, 0.3) is 11.0 Å². The molecule has 25 heavy (non-hydrogen) atoms. The van der Waals surface area contributed by atoms with Crippen molar-refractivity contribution in [2.75, 3.05) is 26.2 Å². The molecule has 1 aromatic heterocycles. The van der Waals surface area contributed by atoms with Gasteiger partial charge in [0.1, 0.15) is 5.58 Å². The van der Waals surface area contributed by atoms with Gasteiger partial charge in [0, 0.05) is 30.6 Å². The van der Waals surface area contributed by atoms with E-state index in [1.54, 1.807) is 11.2 Å². The van der Waals surface area contributed by atoms with Crippen molar-refractivity contribution in [1.82, 2.24) is 10.2 Å². The Morgan fingerprint density at radius 3 is 2.84 bits per heavy atom. The van der Waals surface area contributed by atoms with Crippen LogP contribution in [0.5, 0.6) is 0 Å². The lowest BCUT2D eigenvalue weighted by Gasteiger charge is -2.26. The molecule has 0 spiro atoms. The van der Waals surface area contributed by atoms with Crippen molar-refractivity contribution in [2.24, 2.45) is 0 Å². The Hall–Kier alpha value is -2.50. The van der Waals surface area contributed by atoms with Crippen LogP contribution in [0.1, 0.15) is 28.7 Å². The van der Waals surface area contributed by atoms with Gasteiger partial charge in [0.05, 0.1) is 19.3 Å². The highest BCUT2D eigenvalue weighted by molar-refractivity contribution is 5.91. The first-order valence-corrected chi connectivity index (χ1v) is 8.62. The minimum atomic E-state index is -0.303. The van der Waals surface area contributed by atoms with Gasteiger partial charge < -0.3 is 19.4 Å². The Balaban J connectivity index is 1.61. The number of carbonyl (C=O) groups is 2. The van der Waals surface area contributed by atoms with Crippen molar-refractivity contribution in [1.29, 1.82) is 0 Å². The number of nitrogens with zero attached hydrogens (tertiary/aromatic N) is 1. The molecular formula is C19H24N2O4. The minimum Gasteiger partial charge on any atom is -0.464 e. The molecule has 0 bridgehead atoms. The highest BCUT2D eigenvalue weighted by Gasteiger charge is 2.19. The molecule has 0 aliphatic carbocycles. The van der Waals surface area contributed by atoms with Crippen molar-refractivity contribution in [3.05, 3.63) is 34.6 Å². The first kappa shape index (κ1) is 17.3. The molecule has 134 valence electrons. The number of fused-ring (bicyclic) bond motifs is 1. The largest absolute Gasteiger partial charge is 0.464 e. The van der Waals surface area contributed by atoms with Gasteiger partial charge in [0.25, 0.3) is 0 Å². The van der Waals surface area contributed by atoms with Gasteiger partial charge in [-0.05, 0) is 43.9 Å². The standard InChI is InChI=1S/C19H24N2O4/c1-12-9-13(2)17-15(11-25-18(17)14(12)3)10-16(22)20-5-7-21-6-4-8-24-19(21)23/h9,11H,4-8,10H2,1-3H3,(H,20,22). The summed E-state index contributed by atoms with van der Waals surface area (Å²) in [6.45, 7) is 8.17. The molecule has 0 saturated carbocycles. The smallest absolute Gasteiger partial charge is 0.409 e. The maximum atomic E-state index is 12.3. The quantitative estimate of drug-likeness (QED) is 0.905. The van der Waals surface area contributed by atoms with Crippen LogP contribution in [-0.4, -0.2) is 43.1 Å². The summed E-state index contributed by atoms with van der Waals surface area (Å²) in [4.78, 5) is 25.4. The summed E-state index contributed by atoms with van der Waals surface area (Å²) in [5.41, 5.74) is 5.16. The van der Waals surface area contributed by atoms with Crippen LogP contribution in [0.3, 0.4) is 0 Å². The van der Waals surface area contributed by atoms with Crippen LogP contribution in [0.4, 0.5) is 4.79 Å². The van der Waals surface area contributed by atoms with Crippen LogP contribution in [0.15, 0.2) is 16.7 Å². The molecule has 6 nitrogen and oxygen atoms in total. The molecule has 1 N–H and O–H groups in total. The molecule has 1 aromatic carbocycles. The Morgan fingerprint density at radius 2 is 2.08 bits per heavy atom. The van der Waals surface area contributed by atoms with Gasteiger partial charge in [0.15, 0.2) is 0 Å². The van der Waals surface area contributed by atoms with E-state index in [9.17, 15) is 9.59 Å². The molecule has 6 heteroatoms. The van der Waals surface area contributed by atoms with E-state index in [-0.39, 0.29) is 18.4 Å². The third-order valence-electron chi connectivity index (χ3n) is 4.74. The lowest BCUT2D eigenvalue weighted by Crippen LogP contribution is -2.42. The van der Waals surface area contributed by atoms with E-state index in [0.717, 1.165) is 34.1 Å². The molecule has 1 aliphatic rings. The van der Waals surface area contributed by atoms with E-state index in [0.29, 0.717) is 26.2 Å². The number of benzene rings is 1. The first-order valence-electron chi connectivity index (χ1n) is 8.62. The van der Waals surface area contributed by atoms with Crippen molar-refractivity contribution >= 4 is 23.0 Å². The second-order valence-electron chi connectivity index (χ2n) is 6.58. The molecule has 2 aromatic rings. The summed E-state index contributed by atoms with van der Waals surface area (Å²) in [5.74, 6) is -0.0781. The predicted molar refractivity (Wildman–Crippen MR) is 94.7 cm³/mol. The highest BCUT2D eigenvalue weighted by atomic mass is 16.6. The third-order valence-corrected chi connectivity index (χ3v) is 4.74. The zero-order valence-corrected chi connectivity index (χ0v) is 15.0. The van der Waals surface area contributed by atoms with Crippen LogP contribution < -0.4 is 5.32 Å². The lowest BCUT2D eigenvalue weighted by molar-refractivity contribution is -0.120. The number of hydrogen-bond acceptors (Lipinski definition) is 4. The van der Waals surface area contributed by atoms with E-state index >= 15 is 0 Å². The molecule has 3 rings (SSSR count). The van der Waals surface area contributed by atoms with Crippen LogP contribution >= 0.6 is 0 Å². The zero-order valence-electron chi connectivity index (χ0n) is 15.0. The van der Waals surface area contributed by atoms with Crippen molar-refractivity contribution in [3.8, 4) is 0 Å². The van der Waals surface area contributed by atoms with Crippen LogP contribution in [0, 0.1) is 20.8 Å². The average molecular weight is 344 g/mol. The number of nitrogens with one attached hydrogen (secondary N) is 1. The molecule has 0 radical (unpaired) electrons. The molecule has 2 heterocycles. The molecule has 0 atom stereocenters. The Kier molecular flexibility index (Phi) is 4.97. The van der Waals surface area contributed by atoms with E-state index < -0.39 is 0 Å². The highest BCUT2D eigenvalue weighted by Crippen LogP contribution is 2.30. The fourth-order valence-corrected chi connectivity index (χ4v) is 3.28. The Morgan fingerprint density at radius 1 is 1.28 bits per heavy atom. The molecule has 2 amide bonds. The van der Waals surface area contributed by atoms with E-state index in [4.69, 9.17) is 9.15 Å². The molecular weight excluding hydrogens is 320 g/mol. The molecule has 1 saturated heterocycles. The first-order chi connectivity index (χ1) is 12.0. The summed E-state index contributed by atoms with van der Waals surface area (Å²) in [6, 6.07) is 2.12. The zero-order chi connectivity index (χ0) is 18.0. The van der Waals surface area contributed by atoms with Gasteiger partial charge in [-0.1, -0.05) is 6.07 Å². The third kappa shape index (κ3) is 3.62. The van der Waals surface area contributed by atoms with E-state index in [2.05, 4.69) is 18.3 Å². The number of ether oxygens (including phenoxy) is 1. The monoisotopic (exact) mass is 344 g/mol. The number of hydrogen-bond donors (Lipinski definition) is 1. The Bertz CT molecular complexity index is 809. The van der Waals surface area contributed by atoms with Crippen molar-refractivity contribution in [2.45, 2.75) is 33.6 Å². The van der Waals surface area contributed by atoms with Gasteiger partial charge in [-0.25, -0.2) is 4.79 Å². The molecule has 1 fully saturated rings. The van der Waals surface area contributed by atoms with E-state index in [1.807, 2.05) is 13.8 Å². The fraction of sp³-hybridized carbons (Fsp3) is 0.474. The maximum absolute atomic E-state index is 12.3. The minimum absolute atomic E-state index is 0.0781. The van der Waals surface area contributed by atoms with Gasteiger partial charge >= 0.3 is 6.09 Å². The van der Waals surface area contributed by atoms with Crippen molar-refractivity contribution < 1.29 is 18.7 Å². The topological polar surface area (TPSA) is 71.8 Å². The Labute approximate surface area is 147 Å². The summed E-state index contributed by atoms with van der Waals surface area (Å²) < 4.78 is 10.7. The molecule has 1 aliphatic heterocycles. The number of rotatable bonds is 5. The average Bonchev–Trinajstić information content (AvgIpc) is 2.99. The van der Waals surface area contributed by atoms with Crippen LogP contribution in [-0.2, 0) is 16.0 Å². The second kappa shape index (κ2) is 7.17. The molecule has 0 unspecified atom stereocenters. The number of cyclic esters (lactones) is 1. The lowest BCUT2D eigenvalue weighted by atomic mass is 9.99. The van der Waals surface area contributed by atoms with E-state index in [1.165, 1.54) is 5.56 Å².